The molecule has 168 valence electrons. The number of aryl methyl sites for hydroxylation is 1. The summed E-state index contributed by atoms with van der Waals surface area (Å²) in [6.07, 6.45) is 2.62. The monoisotopic (exact) mass is 450 g/mol. The molecule has 0 spiro atoms. The maximum atomic E-state index is 14.0. The average molecular weight is 450 g/mol. The SMILES string of the molecule is COc1ccc2c3c(n(CCc4c[nH]c5ccccc45)c(=O)c2c1OC)-c1ccccc1C3=O. The summed E-state index contributed by atoms with van der Waals surface area (Å²) < 4.78 is 12.8. The molecule has 0 radical (unpaired) electrons. The number of nitrogens with one attached hydrogen (secondary N) is 1. The van der Waals surface area contributed by atoms with Crippen molar-refractivity contribution in [3.8, 4) is 22.8 Å². The topological polar surface area (TPSA) is 73.3 Å². The van der Waals surface area contributed by atoms with Crippen molar-refractivity contribution in [1.82, 2.24) is 9.55 Å². The van der Waals surface area contributed by atoms with Crippen LogP contribution in [0.25, 0.3) is 32.9 Å². The number of ketones is 1. The fourth-order valence-corrected chi connectivity index (χ4v) is 5.16. The van der Waals surface area contributed by atoms with Gasteiger partial charge in [-0.25, -0.2) is 0 Å². The van der Waals surface area contributed by atoms with Crippen LogP contribution in [0.1, 0.15) is 21.5 Å². The molecule has 0 bridgehead atoms. The third-order valence-corrected chi connectivity index (χ3v) is 6.71. The Labute approximate surface area is 195 Å². The van der Waals surface area contributed by atoms with E-state index in [2.05, 4.69) is 11.1 Å². The summed E-state index contributed by atoms with van der Waals surface area (Å²) in [5.41, 5.74) is 4.58. The van der Waals surface area contributed by atoms with Gasteiger partial charge in [0.25, 0.3) is 5.56 Å². The summed E-state index contributed by atoms with van der Waals surface area (Å²) in [7, 11) is 3.05. The first-order valence-corrected chi connectivity index (χ1v) is 11.1. The summed E-state index contributed by atoms with van der Waals surface area (Å²) in [6, 6.07) is 19.1. The van der Waals surface area contributed by atoms with Gasteiger partial charge in [-0.2, -0.15) is 0 Å². The van der Waals surface area contributed by atoms with E-state index < -0.39 is 0 Å². The van der Waals surface area contributed by atoms with E-state index in [1.54, 1.807) is 16.7 Å². The first-order valence-electron chi connectivity index (χ1n) is 11.1. The van der Waals surface area contributed by atoms with Crippen molar-refractivity contribution in [2.24, 2.45) is 0 Å². The molecule has 1 N–H and O–H groups in total. The second-order valence-electron chi connectivity index (χ2n) is 8.39. The van der Waals surface area contributed by atoms with E-state index in [9.17, 15) is 9.59 Å². The van der Waals surface area contributed by atoms with Crippen LogP contribution >= 0.6 is 0 Å². The molecule has 0 saturated heterocycles. The van der Waals surface area contributed by atoms with E-state index >= 15 is 0 Å². The summed E-state index contributed by atoms with van der Waals surface area (Å²) in [4.78, 5) is 30.8. The molecule has 0 unspecified atom stereocenters. The first kappa shape index (κ1) is 20.3. The van der Waals surface area contributed by atoms with E-state index in [0.29, 0.717) is 52.1 Å². The lowest BCUT2D eigenvalue weighted by Crippen LogP contribution is -2.25. The van der Waals surface area contributed by atoms with Crippen LogP contribution in [0.5, 0.6) is 11.5 Å². The Balaban J connectivity index is 1.62. The number of fused-ring (bicyclic) bond motifs is 6. The number of para-hydroxylation sites is 1. The lowest BCUT2D eigenvalue weighted by Gasteiger charge is -2.17. The van der Waals surface area contributed by atoms with Gasteiger partial charge >= 0.3 is 0 Å². The van der Waals surface area contributed by atoms with Crippen molar-refractivity contribution in [3.05, 3.63) is 93.9 Å². The zero-order valence-corrected chi connectivity index (χ0v) is 18.8. The minimum atomic E-state index is -0.200. The van der Waals surface area contributed by atoms with Crippen LogP contribution in [0.4, 0.5) is 0 Å². The summed E-state index contributed by atoms with van der Waals surface area (Å²) in [6.45, 7) is 0.418. The minimum Gasteiger partial charge on any atom is -0.493 e. The summed E-state index contributed by atoms with van der Waals surface area (Å²) in [5, 5.41) is 2.08. The molecule has 1 aliphatic rings. The summed E-state index contributed by atoms with van der Waals surface area (Å²) >= 11 is 0. The number of nitrogens with zero attached hydrogens (tertiary/aromatic N) is 1. The highest BCUT2D eigenvalue weighted by molar-refractivity contribution is 6.27. The predicted octanol–water partition coefficient (Wildman–Crippen LogP) is 4.95. The zero-order valence-electron chi connectivity index (χ0n) is 18.8. The second kappa shape index (κ2) is 7.63. The van der Waals surface area contributed by atoms with Gasteiger partial charge in [0.1, 0.15) is 0 Å². The van der Waals surface area contributed by atoms with Gasteiger partial charge in [-0.05, 0) is 30.2 Å². The highest BCUT2D eigenvalue weighted by atomic mass is 16.5. The number of carbonyl (C=O) groups excluding carboxylic acids is 1. The maximum absolute atomic E-state index is 14.0. The van der Waals surface area contributed by atoms with Crippen molar-refractivity contribution < 1.29 is 14.3 Å². The molecule has 2 heterocycles. The molecule has 0 aliphatic heterocycles. The number of hydrogen-bond acceptors (Lipinski definition) is 4. The van der Waals surface area contributed by atoms with E-state index in [1.807, 2.05) is 48.7 Å². The Morgan fingerprint density at radius 2 is 1.62 bits per heavy atom. The molecule has 5 aromatic rings. The van der Waals surface area contributed by atoms with Crippen molar-refractivity contribution in [1.29, 1.82) is 0 Å². The lowest BCUT2D eigenvalue weighted by atomic mass is 10.0. The predicted molar refractivity (Wildman–Crippen MR) is 132 cm³/mol. The van der Waals surface area contributed by atoms with E-state index in [0.717, 1.165) is 22.0 Å². The molecule has 0 saturated carbocycles. The molecule has 2 aromatic heterocycles. The van der Waals surface area contributed by atoms with Crippen molar-refractivity contribution >= 4 is 27.5 Å². The first-order chi connectivity index (χ1) is 16.6. The highest BCUT2D eigenvalue weighted by Crippen LogP contribution is 2.43. The Kier molecular flexibility index (Phi) is 4.55. The normalized spacial score (nSPS) is 12.2. The fourth-order valence-electron chi connectivity index (χ4n) is 5.16. The molecule has 6 nitrogen and oxygen atoms in total. The highest BCUT2D eigenvalue weighted by Gasteiger charge is 2.33. The number of carbonyl (C=O) groups is 1. The smallest absolute Gasteiger partial charge is 0.262 e. The van der Waals surface area contributed by atoms with Crippen LogP contribution in [0, 0.1) is 0 Å². The number of pyridine rings is 1. The average Bonchev–Trinajstić information content (AvgIpc) is 3.42. The quantitative estimate of drug-likeness (QED) is 0.403. The molecule has 0 amide bonds. The summed E-state index contributed by atoms with van der Waals surface area (Å²) in [5.74, 6) is 0.722. The van der Waals surface area contributed by atoms with Gasteiger partial charge in [0.2, 0.25) is 0 Å². The van der Waals surface area contributed by atoms with E-state index in [1.165, 1.54) is 14.2 Å². The van der Waals surface area contributed by atoms with Crippen molar-refractivity contribution in [2.75, 3.05) is 14.2 Å². The van der Waals surface area contributed by atoms with Crippen LogP contribution in [0.3, 0.4) is 0 Å². The lowest BCUT2D eigenvalue weighted by molar-refractivity contribution is 0.104. The third-order valence-electron chi connectivity index (χ3n) is 6.71. The Bertz CT molecular complexity index is 1680. The third kappa shape index (κ3) is 2.75. The molecule has 3 aromatic carbocycles. The standard InChI is InChI=1S/C28H22N2O4/c1-33-22-12-11-20-23-25(18-8-3-4-9-19(18)26(23)31)30(28(32)24(20)27(22)34-2)14-13-16-15-29-21-10-6-5-7-17(16)21/h3-12,15,29H,13-14H2,1-2H3. The fraction of sp³-hybridized carbons (Fsp3) is 0.143. The molecular formula is C28H22N2O4. The van der Waals surface area contributed by atoms with Gasteiger partial charge in [0, 0.05) is 40.2 Å². The Hall–Kier alpha value is -4.32. The van der Waals surface area contributed by atoms with Crippen molar-refractivity contribution in [2.45, 2.75) is 13.0 Å². The molecule has 34 heavy (non-hydrogen) atoms. The van der Waals surface area contributed by atoms with Gasteiger partial charge in [0.05, 0.1) is 30.9 Å². The van der Waals surface area contributed by atoms with E-state index in [4.69, 9.17) is 9.47 Å². The van der Waals surface area contributed by atoms with Crippen LogP contribution in [0.15, 0.2) is 71.7 Å². The Morgan fingerprint density at radius 1 is 0.853 bits per heavy atom. The van der Waals surface area contributed by atoms with Crippen molar-refractivity contribution in [3.63, 3.8) is 0 Å². The second-order valence-corrected chi connectivity index (χ2v) is 8.39. The molecular weight excluding hydrogens is 428 g/mol. The van der Waals surface area contributed by atoms with Crippen LogP contribution < -0.4 is 15.0 Å². The molecule has 0 fully saturated rings. The van der Waals surface area contributed by atoms with E-state index in [-0.39, 0.29) is 11.3 Å². The molecule has 6 rings (SSSR count). The minimum absolute atomic E-state index is 0.0799. The largest absolute Gasteiger partial charge is 0.493 e. The Morgan fingerprint density at radius 3 is 2.41 bits per heavy atom. The molecule has 0 atom stereocenters. The number of aromatic nitrogens is 2. The maximum Gasteiger partial charge on any atom is 0.262 e. The van der Waals surface area contributed by atoms with Gasteiger partial charge in [-0.15, -0.1) is 0 Å². The number of methoxy groups -OCH3 is 2. The zero-order chi connectivity index (χ0) is 23.4. The van der Waals surface area contributed by atoms with Gasteiger partial charge in [0.15, 0.2) is 17.3 Å². The number of ether oxygens (including phenoxy) is 2. The van der Waals surface area contributed by atoms with Gasteiger partial charge in [-0.1, -0.05) is 42.5 Å². The number of hydrogen-bond donors (Lipinski definition) is 1. The molecule has 6 heteroatoms. The number of benzene rings is 3. The van der Waals surface area contributed by atoms with Gasteiger partial charge in [-0.3, -0.25) is 9.59 Å². The van der Waals surface area contributed by atoms with Gasteiger partial charge < -0.3 is 19.0 Å². The molecule has 1 aliphatic carbocycles. The number of H-pyrrole nitrogens is 1. The van der Waals surface area contributed by atoms with Crippen LogP contribution in [0.2, 0.25) is 0 Å². The van der Waals surface area contributed by atoms with Crippen LogP contribution in [-0.4, -0.2) is 29.6 Å². The number of rotatable bonds is 5. The van der Waals surface area contributed by atoms with Crippen LogP contribution in [-0.2, 0) is 13.0 Å². The number of aromatic amines is 1.